The molecule has 27 heavy (non-hydrogen) atoms. The van der Waals surface area contributed by atoms with E-state index in [1.807, 2.05) is 0 Å². The van der Waals surface area contributed by atoms with Gasteiger partial charge in [-0.1, -0.05) is 19.1 Å². The van der Waals surface area contributed by atoms with E-state index in [0.29, 0.717) is 31.7 Å². The first-order chi connectivity index (χ1) is 12.9. The zero-order chi connectivity index (χ0) is 19.4. The molecule has 8 heteroatoms. The lowest BCUT2D eigenvalue weighted by molar-refractivity contribution is 0.101. The molecular formula is C19H25N3O3S2. The molecule has 0 amide bonds. The van der Waals surface area contributed by atoms with E-state index >= 15 is 0 Å². The average Bonchev–Trinajstić information content (AvgIpc) is 3.09. The molecule has 0 aliphatic carbocycles. The van der Waals surface area contributed by atoms with Crippen LogP contribution in [0.4, 0.5) is 0 Å². The number of benzene rings is 1. The normalized spacial score (nSPS) is 16.5. The lowest BCUT2D eigenvalue weighted by Crippen LogP contribution is -2.48. The summed E-state index contributed by atoms with van der Waals surface area (Å²) in [7, 11) is -3.58. The van der Waals surface area contributed by atoms with Gasteiger partial charge in [-0.25, -0.2) is 13.4 Å². The molecule has 1 aliphatic heterocycles. The second-order valence-electron chi connectivity index (χ2n) is 6.75. The first-order valence-corrected chi connectivity index (χ1v) is 11.5. The summed E-state index contributed by atoms with van der Waals surface area (Å²) in [6.45, 7) is 6.57. The van der Waals surface area contributed by atoms with E-state index in [-0.39, 0.29) is 10.7 Å². The zero-order valence-corrected chi connectivity index (χ0v) is 17.4. The first kappa shape index (κ1) is 20.1. The number of nitrogens with zero attached hydrogens (tertiary/aromatic N) is 3. The fraction of sp³-hybridized carbons (Fsp3) is 0.474. The summed E-state index contributed by atoms with van der Waals surface area (Å²) in [5.74, 6) is -0.137. The van der Waals surface area contributed by atoms with Gasteiger partial charge in [0.15, 0.2) is 5.78 Å². The highest BCUT2D eigenvalue weighted by atomic mass is 32.2. The van der Waals surface area contributed by atoms with Crippen LogP contribution in [0.5, 0.6) is 0 Å². The van der Waals surface area contributed by atoms with E-state index in [4.69, 9.17) is 0 Å². The minimum Gasteiger partial charge on any atom is -0.295 e. The summed E-state index contributed by atoms with van der Waals surface area (Å²) in [6, 6.07) is 6.28. The van der Waals surface area contributed by atoms with Crippen molar-refractivity contribution >= 4 is 27.1 Å². The Balaban J connectivity index is 1.62. The molecule has 1 fully saturated rings. The molecule has 2 heterocycles. The van der Waals surface area contributed by atoms with Gasteiger partial charge in [-0.05, 0) is 31.9 Å². The van der Waals surface area contributed by atoms with Gasteiger partial charge in [-0.3, -0.25) is 9.69 Å². The van der Waals surface area contributed by atoms with Crippen LogP contribution in [0.2, 0.25) is 0 Å². The summed E-state index contributed by atoms with van der Waals surface area (Å²) in [6.07, 6.45) is 2.10. The molecule has 3 rings (SSSR count). The third kappa shape index (κ3) is 4.82. The van der Waals surface area contributed by atoms with Crippen LogP contribution < -0.4 is 0 Å². The Hall–Kier alpha value is -1.61. The minimum absolute atomic E-state index is 0.137. The van der Waals surface area contributed by atoms with E-state index in [2.05, 4.69) is 22.2 Å². The van der Waals surface area contributed by atoms with Gasteiger partial charge in [0.05, 0.1) is 15.6 Å². The second-order valence-corrected chi connectivity index (χ2v) is 9.63. The number of aryl methyl sites for hydroxylation is 1. The van der Waals surface area contributed by atoms with Crippen LogP contribution in [-0.4, -0.2) is 54.6 Å². The van der Waals surface area contributed by atoms with Crippen LogP contribution in [0.25, 0.3) is 0 Å². The molecule has 1 aliphatic rings. The Kier molecular flexibility index (Phi) is 6.41. The van der Waals surface area contributed by atoms with E-state index in [9.17, 15) is 13.2 Å². The number of hydrogen-bond donors (Lipinski definition) is 0. The molecule has 0 radical (unpaired) electrons. The Labute approximate surface area is 164 Å². The molecule has 0 unspecified atom stereocenters. The second kappa shape index (κ2) is 8.60. The molecule has 6 nitrogen and oxygen atoms in total. The highest BCUT2D eigenvalue weighted by Gasteiger charge is 2.29. The SMILES string of the molecule is CCCc1nc(CN2CCN(S(=O)(=O)c3cccc(C(C)=O)c3)CC2)cs1. The van der Waals surface area contributed by atoms with Crippen LogP contribution in [0.1, 0.15) is 41.3 Å². The molecule has 0 saturated carbocycles. The summed E-state index contributed by atoms with van der Waals surface area (Å²) in [4.78, 5) is 18.6. The minimum atomic E-state index is -3.58. The highest BCUT2D eigenvalue weighted by molar-refractivity contribution is 7.89. The Morgan fingerprint density at radius 2 is 1.96 bits per heavy atom. The summed E-state index contributed by atoms with van der Waals surface area (Å²) < 4.78 is 27.3. The maximum absolute atomic E-state index is 12.9. The van der Waals surface area contributed by atoms with E-state index in [0.717, 1.165) is 25.1 Å². The van der Waals surface area contributed by atoms with Gasteiger partial charge < -0.3 is 0 Å². The van der Waals surface area contributed by atoms with Gasteiger partial charge in [0.25, 0.3) is 0 Å². The number of rotatable bonds is 7. The molecule has 2 aromatic rings. The number of thiazole rings is 1. The van der Waals surface area contributed by atoms with Crippen LogP contribution in [0, 0.1) is 0 Å². The fourth-order valence-corrected chi connectivity index (χ4v) is 5.49. The van der Waals surface area contributed by atoms with Gasteiger partial charge in [-0.15, -0.1) is 11.3 Å². The fourth-order valence-electron chi connectivity index (χ4n) is 3.13. The number of aromatic nitrogens is 1. The number of piperazine rings is 1. The van der Waals surface area contributed by atoms with Crippen molar-refractivity contribution in [3.05, 3.63) is 45.9 Å². The molecule has 0 N–H and O–H groups in total. The lowest BCUT2D eigenvalue weighted by atomic mass is 10.2. The van der Waals surface area contributed by atoms with Gasteiger partial charge in [0, 0.05) is 43.7 Å². The number of carbonyl (C=O) groups is 1. The maximum Gasteiger partial charge on any atom is 0.243 e. The van der Waals surface area contributed by atoms with Gasteiger partial charge in [-0.2, -0.15) is 4.31 Å². The molecule has 1 aromatic heterocycles. The van der Waals surface area contributed by atoms with Gasteiger partial charge in [0.1, 0.15) is 0 Å². The smallest absolute Gasteiger partial charge is 0.243 e. The Bertz CT molecular complexity index is 900. The van der Waals surface area contributed by atoms with Crippen LogP contribution >= 0.6 is 11.3 Å². The standard InChI is InChI=1S/C19H25N3O3S2/c1-3-5-19-20-17(14-26-19)13-21-8-10-22(11-9-21)27(24,25)18-7-4-6-16(12-18)15(2)23/h4,6-7,12,14H,3,5,8-11,13H2,1-2H3. The summed E-state index contributed by atoms with van der Waals surface area (Å²) in [5, 5.41) is 3.26. The number of carbonyl (C=O) groups excluding carboxylic acids is 1. The Morgan fingerprint density at radius 3 is 2.63 bits per heavy atom. The van der Waals surface area contributed by atoms with E-state index in [1.165, 1.54) is 22.3 Å². The predicted molar refractivity (Wildman–Crippen MR) is 107 cm³/mol. The van der Waals surface area contributed by atoms with Crippen molar-refractivity contribution in [3.63, 3.8) is 0 Å². The predicted octanol–water partition coefficient (Wildman–Crippen LogP) is 2.80. The van der Waals surface area contributed by atoms with Crippen molar-refractivity contribution in [1.82, 2.24) is 14.2 Å². The molecule has 1 aromatic carbocycles. The summed E-state index contributed by atoms with van der Waals surface area (Å²) >= 11 is 1.70. The van der Waals surface area contributed by atoms with Crippen LogP contribution in [0.15, 0.2) is 34.5 Å². The molecule has 146 valence electrons. The van der Waals surface area contributed by atoms with Crippen molar-refractivity contribution in [2.45, 2.75) is 38.1 Å². The van der Waals surface area contributed by atoms with Crippen LogP contribution in [-0.2, 0) is 23.0 Å². The average molecular weight is 408 g/mol. The molecule has 1 saturated heterocycles. The number of ketones is 1. The largest absolute Gasteiger partial charge is 0.295 e. The quantitative estimate of drug-likeness (QED) is 0.660. The Morgan fingerprint density at radius 1 is 1.22 bits per heavy atom. The molecule has 0 atom stereocenters. The number of Topliss-reactive ketones (excluding diaryl/α,β-unsaturated/α-hetero) is 1. The van der Waals surface area contributed by atoms with Gasteiger partial charge in [0.2, 0.25) is 10.0 Å². The van der Waals surface area contributed by atoms with Crippen molar-refractivity contribution in [2.75, 3.05) is 26.2 Å². The van der Waals surface area contributed by atoms with Gasteiger partial charge >= 0.3 is 0 Å². The van der Waals surface area contributed by atoms with Crippen molar-refractivity contribution < 1.29 is 13.2 Å². The topological polar surface area (TPSA) is 70.6 Å². The first-order valence-electron chi connectivity index (χ1n) is 9.17. The molecular weight excluding hydrogens is 382 g/mol. The van der Waals surface area contributed by atoms with Crippen molar-refractivity contribution in [1.29, 1.82) is 0 Å². The number of hydrogen-bond acceptors (Lipinski definition) is 6. The number of sulfonamides is 1. The molecule has 0 bridgehead atoms. The highest BCUT2D eigenvalue weighted by Crippen LogP contribution is 2.20. The lowest BCUT2D eigenvalue weighted by Gasteiger charge is -2.33. The monoisotopic (exact) mass is 407 g/mol. The van der Waals surface area contributed by atoms with E-state index in [1.54, 1.807) is 29.5 Å². The maximum atomic E-state index is 12.9. The third-order valence-electron chi connectivity index (χ3n) is 4.66. The van der Waals surface area contributed by atoms with Crippen molar-refractivity contribution in [3.8, 4) is 0 Å². The van der Waals surface area contributed by atoms with E-state index < -0.39 is 10.0 Å². The summed E-state index contributed by atoms with van der Waals surface area (Å²) in [5.41, 5.74) is 1.48. The van der Waals surface area contributed by atoms with Crippen LogP contribution in [0.3, 0.4) is 0 Å². The van der Waals surface area contributed by atoms with Crippen molar-refractivity contribution in [2.24, 2.45) is 0 Å². The third-order valence-corrected chi connectivity index (χ3v) is 7.51. The zero-order valence-electron chi connectivity index (χ0n) is 15.7. The molecule has 0 spiro atoms.